The molecule has 3 aromatic heterocycles. The summed E-state index contributed by atoms with van der Waals surface area (Å²) in [6.07, 6.45) is 1.37. The van der Waals surface area contributed by atoms with Crippen molar-refractivity contribution in [3.05, 3.63) is 101 Å². The zero-order chi connectivity index (χ0) is 52.4. The molecule has 0 saturated carbocycles. The van der Waals surface area contributed by atoms with E-state index in [4.69, 9.17) is 28.7 Å². The van der Waals surface area contributed by atoms with Gasteiger partial charge in [0.05, 0.1) is 30.5 Å². The van der Waals surface area contributed by atoms with Crippen molar-refractivity contribution in [1.29, 1.82) is 0 Å². The molecular weight excluding hydrogens is 951 g/mol. The first-order chi connectivity index (χ1) is 33.6. The van der Waals surface area contributed by atoms with Gasteiger partial charge in [-0.05, 0) is 49.3 Å². The van der Waals surface area contributed by atoms with Crippen molar-refractivity contribution < 1.29 is 33.6 Å². The first kappa shape index (κ1) is 55.0. The molecule has 3 heterocycles. The highest BCUT2D eigenvalue weighted by molar-refractivity contribution is 7.09. The van der Waals surface area contributed by atoms with Crippen molar-refractivity contribution >= 4 is 75.5 Å². The lowest BCUT2D eigenvalue weighted by Gasteiger charge is -2.28. The molecule has 4 rings (SSSR count). The quantitative estimate of drug-likeness (QED) is 0.0158. The summed E-state index contributed by atoms with van der Waals surface area (Å²) in [5, 5.41) is 14.2. The van der Waals surface area contributed by atoms with E-state index in [1.807, 2.05) is 4.98 Å². The Morgan fingerprint density at radius 3 is 1.90 bits per heavy atom. The van der Waals surface area contributed by atoms with Crippen molar-refractivity contribution in [3.63, 3.8) is 0 Å². The Labute approximate surface area is 406 Å². The van der Waals surface area contributed by atoms with Gasteiger partial charge in [-0.2, -0.15) is 0 Å². The molecule has 4 aromatic rings. The molecule has 0 radical (unpaired) electrons. The summed E-state index contributed by atoms with van der Waals surface area (Å²) in [5.74, 6) is -6.76. The van der Waals surface area contributed by atoms with Crippen LogP contribution in [0, 0.1) is 0 Å². The molecular formula is C42H57N17O11S. The predicted octanol–water partition coefficient (Wildman–Crippen LogP) is -5.96. The van der Waals surface area contributed by atoms with Gasteiger partial charge >= 0.3 is 11.4 Å². The highest BCUT2D eigenvalue weighted by Crippen LogP contribution is 2.13. The number of guanidine groups is 2. The number of thiophene rings is 1. The van der Waals surface area contributed by atoms with E-state index < -0.39 is 114 Å². The van der Waals surface area contributed by atoms with Gasteiger partial charge in [-0.25, -0.2) is 9.59 Å². The van der Waals surface area contributed by atoms with Crippen LogP contribution in [0.3, 0.4) is 0 Å². The molecule has 28 nitrogen and oxygen atoms in total. The number of para-hydroxylation sites is 1. The lowest BCUT2D eigenvalue weighted by atomic mass is 10.1. The predicted molar refractivity (Wildman–Crippen MR) is 260 cm³/mol. The van der Waals surface area contributed by atoms with E-state index in [1.54, 1.807) is 23.6 Å². The number of nitrogens with zero attached hydrogens (tertiary/aromatic N) is 5. The number of fused-ring (bicyclic) bond motifs is 1. The van der Waals surface area contributed by atoms with Crippen LogP contribution >= 0.6 is 11.3 Å². The lowest BCUT2D eigenvalue weighted by molar-refractivity contribution is -0.140. The number of hydrogen-bond acceptors (Lipinski definition) is 14. The zero-order valence-electron chi connectivity index (χ0n) is 38.7. The number of likely N-dealkylation sites (N-methyl/N-ethyl adjacent to an activating group) is 1. The van der Waals surface area contributed by atoms with Gasteiger partial charge < -0.3 is 65.1 Å². The number of aliphatic imine (C=N–C) groups is 2. The third-order valence-corrected chi connectivity index (χ3v) is 11.3. The topological polar surface area (TPSA) is 447 Å². The lowest BCUT2D eigenvalue weighted by Crippen LogP contribution is -2.59. The summed E-state index contributed by atoms with van der Waals surface area (Å²) < 4.78 is 1.57. The Bertz CT molecular complexity index is 2870. The number of aromatic nitrogens is 4. The minimum absolute atomic E-state index is 0.00516. The first-order valence-corrected chi connectivity index (χ1v) is 22.7. The fourth-order valence-electron chi connectivity index (χ4n) is 6.97. The average Bonchev–Trinajstić information content (AvgIpc) is 3.82. The van der Waals surface area contributed by atoms with Crippen LogP contribution in [0.1, 0.15) is 37.5 Å². The van der Waals surface area contributed by atoms with Gasteiger partial charge in [0, 0.05) is 50.6 Å². The van der Waals surface area contributed by atoms with Crippen LogP contribution in [0.5, 0.6) is 0 Å². The maximum atomic E-state index is 14.4. The number of hydrogen-bond donors (Lipinski definition) is 12. The largest absolute Gasteiger partial charge is 0.370 e. The smallest absolute Gasteiger partial charge is 0.328 e. The van der Waals surface area contributed by atoms with Gasteiger partial charge in [0.2, 0.25) is 41.4 Å². The second-order valence-electron chi connectivity index (χ2n) is 16.0. The molecule has 7 amide bonds. The normalized spacial score (nSPS) is 13.0. The second-order valence-corrected chi connectivity index (χ2v) is 17.0. The summed E-state index contributed by atoms with van der Waals surface area (Å²) in [4.78, 5) is 160. The van der Waals surface area contributed by atoms with Crippen molar-refractivity contribution in [2.75, 3.05) is 26.7 Å². The third kappa shape index (κ3) is 17.1. The van der Waals surface area contributed by atoms with Gasteiger partial charge in [-0.1, -0.05) is 18.2 Å². The molecule has 71 heavy (non-hydrogen) atoms. The summed E-state index contributed by atoms with van der Waals surface area (Å²) in [6.45, 7) is -0.902. The van der Waals surface area contributed by atoms with Crippen LogP contribution in [-0.2, 0) is 53.1 Å². The van der Waals surface area contributed by atoms with Gasteiger partial charge in [0.15, 0.2) is 11.9 Å². The van der Waals surface area contributed by atoms with E-state index in [0.717, 1.165) is 35.7 Å². The van der Waals surface area contributed by atoms with Crippen LogP contribution < -0.4 is 77.8 Å². The average molecular weight is 1010 g/mol. The van der Waals surface area contributed by atoms with Gasteiger partial charge in [-0.15, -0.1) is 11.3 Å². The molecule has 0 saturated heterocycles. The number of carbonyl (C=O) groups excluding carboxylic acids is 7. The number of carbonyl (C=O) groups is 7. The minimum Gasteiger partial charge on any atom is -0.370 e. The van der Waals surface area contributed by atoms with Crippen molar-refractivity contribution in [3.8, 4) is 0 Å². The Balaban J connectivity index is 1.66. The van der Waals surface area contributed by atoms with Gasteiger partial charge in [0.25, 0.3) is 11.1 Å². The number of rotatable bonds is 26. The molecule has 29 heteroatoms. The number of nitrogens with two attached hydrogens (primary N) is 5. The molecule has 5 atom stereocenters. The SMILES string of the molecule is CC(=O)N[C@@H](CCCN=C(N)N)C(=O)N[C@H](Cn1ccc(=O)[nH]c1=O)C(=O)N(C)CC(=O)N[C@H](Cn1c(=O)[nH]c2ccccc2c1=O)C(=O)N[C@H](Cc1cccs1)C(=O)N[C@@H](CCCN=C(N)N)C(N)=O. The van der Waals surface area contributed by atoms with Crippen LogP contribution in [0.4, 0.5) is 0 Å². The van der Waals surface area contributed by atoms with Crippen molar-refractivity contribution in [2.45, 2.75) is 82.3 Å². The monoisotopic (exact) mass is 1010 g/mol. The minimum atomic E-state index is -1.82. The van der Waals surface area contributed by atoms with Crippen LogP contribution in [-0.4, -0.2) is 134 Å². The molecule has 0 aliphatic carbocycles. The van der Waals surface area contributed by atoms with E-state index in [0.29, 0.717) is 9.44 Å². The maximum Gasteiger partial charge on any atom is 0.328 e. The van der Waals surface area contributed by atoms with E-state index in [1.165, 1.54) is 29.5 Å². The molecule has 0 unspecified atom stereocenters. The Hall–Kier alpha value is -8.63. The van der Waals surface area contributed by atoms with E-state index in [2.05, 4.69) is 41.6 Å². The number of amides is 7. The number of benzene rings is 1. The highest BCUT2D eigenvalue weighted by atomic mass is 32.1. The Morgan fingerprint density at radius 2 is 1.30 bits per heavy atom. The number of aromatic amines is 2. The van der Waals surface area contributed by atoms with Crippen molar-refractivity contribution in [2.24, 2.45) is 38.7 Å². The number of H-pyrrole nitrogens is 2. The fraction of sp³-hybridized carbons (Fsp3) is 0.405. The number of nitrogens with one attached hydrogen (secondary N) is 7. The van der Waals surface area contributed by atoms with Crippen molar-refractivity contribution in [1.82, 2.24) is 50.6 Å². The van der Waals surface area contributed by atoms with E-state index in [-0.39, 0.29) is 68.0 Å². The summed E-state index contributed by atoms with van der Waals surface area (Å²) in [7, 11) is 1.15. The molecule has 0 spiro atoms. The molecule has 382 valence electrons. The van der Waals surface area contributed by atoms with E-state index in [9.17, 15) is 52.7 Å². The third-order valence-electron chi connectivity index (χ3n) is 10.4. The second kappa shape index (κ2) is 26.2. The van der Waals surface area contributed by atoms with Crippen LogP contribution in [0.25, 0.3) is 10.9 Å². The molecule has 0 bridgehead atoms. The molecule has 0 aliphatic rings. The van der Waals surface area contributed by atoms with Gasteiger partial charge in [0.1, 0.15) is 30.2 Å². The molecule has 0 aliphatic heterocycles. The fourth-order valence-corrected chi connectivity index (χ4v) is 7.73. The Kier molecular flexibility index (Phi) is 20.3. The van der Waals surface area contributed by atoms with Crippen LogP contribution in [0.2, 0.25) is 0 Å². The zero-order valence-corrected chi connectivity index (χ0v) is 39.5. The summed E-state index contributed by atoms with van der Waals surface area (Å²) >= 11 is 1.24. The number of primary amides is 1. The maximum absolute atomic E-state index is 14.4. The standard InChI is InChI=1S/C42H57N17O11S/c1-22(60)50-27(12-6-15-49-40(46)47)34(64)54-30(19-58-16-13-31(61)56-41(58)69)38(68)57(2)21-32(62)51-29(20-59-37(67)24-9-3-4-10-25(24)55-42(59)70)36(66)53-28(18-23-8-7-17-71-23)35(65)52-26(33(43)63)11-5-14-48-39(44)45/h3-4,7-10,13,16-17,26-30H,5-6,11-12,14-15,18-21H2,1-2H3,(H2,43,63)(H,50,60)(H,51,62)(H,52,65)(H,53,66)(H,54,64)(H,55,70)(H4,44,45,48)(H4,46,47,49)(H,56,61,69)/t26-,27-,28+,29+,30+/m0/s1. The Morgan fingerprint density at radius 1 is 0.690 bits per heavy atom. The first-order valence-electron chi connectivity index (χ1n) is 21.8. The van der Waals surface area contributed by atoms with Crippen LogP contribution in [0.15, 0.2) is 83.2 Å². The summed E-state index contributed by atoms with van der Waals surface area (Å²) in [6, 6.07) is 3.02. The molecule has 1 aromatic carbocycles. The highest BCUT2D eigenvalue weighted by Gasteiger charge is 2.33. The summed E-state index contributed by atoms with van der Waals surface area (Å²) in [5.41, 5.74) is 23.8. The van der Waals surface area contributed by atoms with Gasteiger partial charge in [-0.3, -0.25) is 67.3 Å². The van der Waals surface area contributed by atoms with E-state index >= 15 is 0 Å². The molecule has 0 fully saturated rings. The molecule has 17 N–H and O–H groups in total.